The van der Waals surface area contributed by atoms with Crippen LogP contribution in [0.2, 0.25) is 0 Å². The summed E-state index contributed by atoms with van der Waals surface area (Å²) < 4.78 is 7.79. The van der Waals surface area contributed by atoms with E-state index in [1.807, 2.05) is 30.6 Å². The number of carbonyl (C=O) groups excluding carboxylic acids is 1. The Morgan fingerprint density at radius 2 is 2.28 bits per heavy atom. The van der Waals surface area contributed by atoms with E-state index >= 15 is 0 Å². The van der Waals surface area contributed by atoms with Crippen LogP contribution in [0.25, 0.3) is 0 Å². The Hall–Kier alpha value is -2.18. The monoisotopic (exact) mass is 342 g/mol. The first kappa shape index (κ1) is 17.6. The number of hydrogen-bond acceptors (Lipinski definition) is 4. The Balaban J connectivity index is 1.65. The summed E-state index contributed by atoms with van der Waals surface area (Å²) in [6.07, 6.45) is 4.97. The van der Waals surface area contributed by atoms with Gasteiger partial charge in [0.1, 0.15) is 11.9 Å². The van der Waals surface area contributed by atoms with Gasteiger partial charge in [-0.2, -0.15) is 0 Å². The van der Waals surface area contributed by atoms with E-state index in [1.165, 1.54) is 0 Å². The average molecular weight is 342 g/mol. The van der Waals surface area contributed by atoms with Crippen molar-refractivity contribution in [3.8, 4) is 0 Å². The number of nitrogens with zero attached hydrogens (tertiary/aromatic N) is 2. The van der Waals surface area contributed by atoms with Crippen LogP contribution in [-0.4, -0.2) is 34.2 Å². The van der Waals surface area contributed by atoms with Crippen molar-refractivity contribution in [1.82, 2.24) is 9.55 Å². The Morgan fingerprint density at radius 3 is 3.00 bits per heavy atom. The fourth-order valence-electron chi connectivity index (χ4n) is 3.19. The van der Waals surface area contributed by atoms with Crippen molar-refractivity contribution in [2.24, 2.45) is 5.73 Å². The molecule has 0 saturated carbocycles. The lowest BCUT2D eigenvalue weighted by Gasteiger charge is -2.14. The largest absolute Gasteiger partial charge is 0.364 e. The van der Waals surface area contributed by atoms with Gasteiger partial charge >= 0.3 is 0 Å². The van der Waals surface area contributed by atoms with Gasteiger partial charge in [0.05, 0.1) is 6.10 Å². The number of carbonyl (C=O) groups is 1. The highest BCUT2D eigenvalue weighted by molar-refractivity contribution is 5.94. The maximum atomic E-state index is 12.4. The quantitative estimate of drug-likeness (QED) is 0.845. The molecule has 2 aromatic rings. The van der Waals surface area contributed by atoms with Crippen molar-refractivity contribution in [1.29, 1.82) is 0 Å². The normalized spacial score (nSPS) is 20.2. The first-order valence-electron chi connectivity index (χ1n) is 8.83. The molecule has 1 aromatic heterocycles. The lowest BCUT2D eigenvalue weighted by molar-refractivity contribution is -0.126. The van der Waals surface area contributed by atoms with E-state index in [2.05, 4.69) is 34.8 Å². The highest BCUT2D eigenvalue weighted by Crippen LogP contribution is 2.21. The Labute approximate surface area is 148 Å². The van der Waals surface area contributed by atoms with Crippen LogP contribution in [0, 0.1) is 0 Å². The molecule has 1 fully saturated rings. The summed E-state index contributed by atoms with van der Waals surface area (Å²) in [6.45, 7) is 5.45. The van der Waals surface area contributed by atoms with E-state index < -0.39 is 6.10 Å². The predicted molar refractivity (Wildman–Crippen MR) is 97.4 cm³/mol. The van der Waals surface area contributed by atoms with Crippen LogP contribution < -0.4 is 11.1 Å². The van der Waals surface area contributed by atoms with Gasteiger partial charge < -0.3 is 20.4 Å². The highest BCUT2D eigenvalue weighted by atomic mass is 16.5. The minimum Gasteiger partial charge on any atom is -0.364 e. The molecule has 0 bridgehead atoms. The van der Waals surface area contributed by atoms with E-state index in [1.54, 1.807) is 0 Å². The fraction of sp³-hybridized carbons (Fsp3) is 0.474. The van der Waals surface area contributed by atoms with Crippen molar-refractivity contribution in [3.63, 3.8) is 0 Å². The van der Waals surface area contributed by atoms with Crippen LogP contribution in [0.5, 0.6) is 0 Å². The fourth-order valence-corrected chi connectivity index (χ4v) is 3.19. The second kappa shape index (κ2) is 7.80. The zero-order valence-electron chi connectivity index (χ0n) is 14.8. The van der Waals surface area contributed by atoms with Gasteiger partial charge in [0.15, 0.2) is 0 Å². The zero-order chi connectivity index (χ0) is 17.8. The van der Waals surface area contributed by atoms with Crippen LogP contribution in [-0.2, 0) is 16.1 Å². The first-order valence-corrected chi connectivity index (χ1v) is 8.83. The minimum absolute atomic E-state index is 0.00206. The van der Waals surface area contributed by atoms with Gasteiger partial charge in [0.2, 0.25) is 0 Å². The standard InChI is InChI=1S/C19H26N4O2/c1-13(2)18-21-8-9-23(18)12-14-4-3-5-15(10-14)22-19(24)17-7-6-16(11-20)25-17/h3-5,8-10,13,16-17H,6-7,11-12,20H2,1-2H3,(H,22,24)/t16-,17+/m1/s1. The van der Waals surface area contributed by atoms with E-state index in [-0.39, 0.29) is 12.0 Å². The lowest BCUT2D eigenvalue weighted by atomic mass is 10.1. The van der Waals surface area contributed by atoms with E-state index in [0.29, 0.717) is 12.5 Å². The summed E-state index contributed by atoms with van der Waals surface area (Å²) in [4.78, 5) is 16.8. The van der Waals surface area contributed by atoms with Gasteiger partial charge in [0.25, 0.3) is 5.91 Å². The molecule has 6 nitrogen and oxygen atoms in total. The third-order valence-electron chi connectivity index (χ3n) is 4.47. The number of ether oxygens (including phenoxy) is 1. The maximum absolute atomic E-state index is 12.4. The molecule has 0 aliphatic carbocycles. The van der Waals surface area contributed by atoms with Crippen molar-refractivity contribution in [2.45, 2.75) is 51.4 Å². The summed E-state index contributed by atoms with van der Waals surface area (Å²) >= 11 is 0. The molecule has 0 radical (unpaired) electrons. The molecule has 2 atom stereocenters. The van der Waals surface area contributed by atoms with Gasteiger partial charge in [0, 0.05) is 37.1 Å². The molecule has 3 N–H and O–H groups in total. The third-order valence-corrected chi connectivity index (χ3v) is 4.47. The molecule has 0 spiro atoms. The van der Waals surface area contributed by atoms with Crippen molar-refractivity contribution < 1.29 is 9.53 Å². The first-order chi connectivity index (χ1) is 12.1. The van der Waals surface area contributed by atoms with Crippen molar-refractivity contribution in [2.75, 3.05) is 11.9 Å². The molecule has 2 heterocycles. The average Bonchev–Trinajstić information content (AvgIpc) is 3.24. The maximum Gasteiger partial charge on any atom is 0.253 e. The number of rotatable bonds is 6. The predicted octanol–water partition coefficient (Wildman–Crippen LogP) is 2.50. The second-order valence-electron chi connectivity index (χ2n) is 6.82. The topological polar surface area (TPSA) is 82.2 Å². The second-order valence-corrected chi connectivity index (χ2v) is 6.82. The number of nitrogens with two attached hydrogens (primary N) is 1. The molecule has 1 saturated heterocycles. The van der Waals surface area contributed by atoms with Crippen molar-refractivity contribution >= 4 is 11.6 Å². The molecule has 1 amide bonds. The Kier molecular flexibility index (Phi) is 5.50. The lowest BCUT2D eigenvalue weighted by Crippen LogP contribution is -2.29. The minimum atomic E-state index is -0.404. The van der Waals surface area contributed by atoms with Gasteiger partial charge in [-0.05, 0) is 30.5 Å². The molecular weight excluding hydrogens is 316 g/mol. The molecule has 25 heavy (non-hydrogen) atoms. The Bertz CT molecular complexity index is 726. The van der Waals surface area contributed by atoms with Crippen molar-refractivity contribution in [3.05, 3.63) is 48.0 Å². The SMILES string of the molecule is CC(C)c1nccn1Cc1cccc(NC(=O)[C@@H]2CC[C@H](CN)O2)c1. The van der Waals surface area contributed by atoms with Crippen LogP contribution in [0.3, 0.4) is 0 Å². The molecule has 6 heteroatoms. The van der Waals surface area contributed by atoms with Crippen LogP contribution in [0.15, 0.2) is 36.7 Å². The highest BCUT2D eigenvalue weighted by Gasteiger charge is 2.29. The number of amides is 1. The van der Waals surface area contributed by atoms with Crippen LogP contribution >= 0.6 is 0 Å². The van der Waals surface area contributed by atoms with Gasteiger partial charge in [-0.3, -0.25) is 4.79 Å². The van der Waals surface area contributed by atoms with Gasteiger partial charge in [-0.1, -0.05) is 26.0 Å². The summed E-state index contributed by atoms with van der Waals surface area (Å²) in [5.74, 6) is 1.33. The molecule has 3 rings (SSSR count). The summed E-state index contributed by atoms with van der Waals surface area (Å²) in [5.41, 5.74) is 7.50. The van der Waals surface area contributed by atoms with Crippen LogP contribution in [0.4, 0.5) is 5.69 Å². The van der Waals surface area contributed by atoms with Gasteiger partial charge in [-0.15, -0.1) is 0 Å². The van der Waals surface area contributed by atoms with E-state index in [4.69, 9.17) is 10.5 Å². The summed E-state index contributed by atoms with van der Waals surface area (Å²) in [5, 5.41) is 2.96. The molecule has 134 valence electrons. The zero-order valence-corrected chi connectivity index (χ0v) is 14.8. The van der Waals surface area contributed by atoms with Gasteiger partial charge in [-0.25, -0.2) is 4.98 Å². The molecule has 1 aliphatic heterocycles. The summed E-state index contributed by atoms with van der Waals surface area (Å²) in [6, 6.07) is 7.90. The molecular formula is C19H26N4O2. The molecule has 1 aliphatic rings. The number of benzene rings is 1. The molecule has 1 aromatic carbocycles. The number of hydrogen-bond donors (Lipinski definition) is 2. The number of anilines is 1. The smallest absolute Gasteiger partial charge is 0.253 e. The van der Waals surface area contributed by atoms with Crippen LogP contribution in [0.1, 0.15) is 44.0 Å². The van der Waals surface area contributed by atoms with E-state index in [9.17, 15) is 4.79 Å². The number of imidazole rings is 1. The number of aromatic nitrogens is 2. The van der Waals surface area contributed by atoms with E-state index in [0.717, 1.165) is 36.5 Å². The third kappa shape index (κ3) is 4.27. The molecule has 0 unspecified atom stereocenters. The Morgan fingerprint density at radius 1 is 1.44 bits per heavy atom. The number of nitrogens with one attached hydrogen (secondary N) is 1. The summed E-state index contributed by atoms with van der Waals surface area (Å²) in [7, 11) is 0.